The fraction of sp³-hybridized carbons (Fsp3) is 0.526. The van der Waals surface area contributed by atoms with E-state index in [-0.39, 0.29) is 16.2 Å². The Balaban J connectivity index is 1.97. The summed E-state index contributed by atoms with van der Waals surface area (Å²) in [4.78, 5) is 4.23. The van der Waals surface area contributed by atoms with Gasteiger partial charge in [-0.15, -0.1) is 11.8 Å². The lowest BCUT2D eigenvalue weighted by atomic mass is 10.1. The van der Waals surface area contributed by atoms with E-state index in [2.05, 4.69) is 36.4 Å². The summed E-state index contributed by atoms with van der Waals surface area (Å²) in [5, 5.41) is 0.0741. The molecule has 0 radical (unpaired) electrons. The second-order valence-corrected chi connectivity index (χ2v) is 8.85. The Labute approximate surface area is 153 Å². The molecule has 25 heavy (non-hydrogen) atoms. The molecule has 0 spiro atoms. The predicted molar refractivity (Wildman–Crippen MR) is 100 cm³/mol. The lowest BCUT2D eigenvalue weighted by Crippen LogP contribution is -2.23. The molecule has 1 aliphatic heterocycles. The molecule has 5 nitrogen and oxygen atoms in total. The van der Waals surface area contributed by atoms with Crippen LogP contribution in [0.25, 0.3) is 0 Å². The van der Waals surface area contributed by atoms with Crippen LogP contribution in [-0.4, -0.2) is 34.1 Å². The quantitative estimate of drug-likeness (QED) is 0.759. The number of benzene rings is 1. The maximum atomic E-state index is 6.19. The first-order valence-electron chi connectivity index (χ1n) is 8.64. The zero-order chi connectivity index (χ0) is 17.9. The third kappa shape index (κ3) is 4.50. The van der Waals surface area contributed by atoms with Gasteiger partial charge in [0.15, 0.2) is 11.5 Å². The van der Waals surface area contributed by atoms with Crippen LogP contribution in [0.4, 0.5) is 0 Å². The summed E-state index contributed by atoms with van der Waals surface area (Å²) in [6.07, 6.45) is 5.54. The number of thioether (sulfide) groups is 1. The number of aromatic nitrogens is 2. The summed E-state index contributed by atoms with van der Waals surface area (Å²) in [6.45, 7) is 10.5. The number of hydrogen-bond acceptors (Lipinski definition) is 5. The van der Waals surface area contributed by atoms with Crippen LogP contribution < -0.4 is 9.47 Å². The van der Waals surface area contributed by atoms with Crippen LogP contribution in [0.15, 0.2) is 36.9 Å². The normalized spacial score (nSPS) is 16.5. The Bertz CT molecular complexity index is 682. The van der Waals surface area contributed by atoms with Gasteiger partial charge >= 0.3 is 0 Å². The van der Waals surface area contributed by atoms with Crippen molar-refractivity contribution in [3.8, 4) is 11.5 Å². The van der Waals surface area contributed by atoms with E-state index < -0.39 is 0 Å². The van der Waals surface area contributed by atoms with Crippen molar-refractivity contribution < 1.29 is 14.2 Å². The smallest absolute Gasteiger partial charge is 0.161 e. The van der Waals surface area contributed by atoms with E-state index in [1.807, 2.05) is 49.5 Å². The molecular formula is C19H26N2O3S. The highest BCUT2D eigenvalue weighted by Crippen LogP contribution is 2.46. The minimum Gasteiger partial charge on any atom is -0.486 e. The Morgan fingerprint density at radius 2 is 2.00 bits per heavy atom. The van der Waals surface area contributed by atoms with E-state index in [0.29, 0.717) is 19.8 Å². The third-order valence-corrected chi connectivity index (χ3v) is 5.23. The van der Waals surface area contributed by atoms with Crippen LogP contribution in [0.3, 0.4) is 0 Å². The molecule has 2 heterocycles. The molecule has 0 saturated carbocycles. The van der Waals surface area contributed by atoms with Crippen LogP contribution in [0.2, 0.25) is 0 Å². The molecule has 0 amide bonds. The summed E-state index contributed by atoms with van der Waals surface area (Å²) in [6, 6.07) is 6.09. The van der Waals surface area contributed by atoms with Gasteiger partial charge in [-0.3, -0.25) is 0 Å². The van der Waals surface area contributed by atoms with Gasteiger partial charge in [-0.05, 0) is 24.6 Å². The summed E-state index contributed by atoms with van der Waals surface area (Å²) in [5.74, 6) is 1.59. The summed E-state index contributed by atoms with van der Waals surface area (Å²) in [7, 11) is 0. The highest BCUT2D eigenvalue weighted by Gasteiger charge is 2.31. The van der Waals surface area contributed by atoms with Crippen molar-refractivity contribution >= 4 is 11.8 Å². The zero-order valence-electron chi connectivity index (χ0n) is 15.3. The number of nitrogens with zero attached hydrogens (tertiary/aromatic N) is 2. The van der Waals surface area contributed by atoms with Crippen molar-refractivity contribution in [2.24, 2.45) is 0 Å². The van der Waals surface area contributed by atoms with Gasteiger partial charge in [0.2, 0.25) is 0 Å². The molecule has 1 aliphatic rings. The number of ether oxygens (including phenoxy) is 3. The lowest BCUT2D eigenvalue weighted by molar-refractivity contribution is 0.0461. The van der Waals surface area contributed by atoms with Gasteiger partial charge in [0, 0.05) is 23.7 Å². The number of rotatable bonds is 6. The maximum absolute atomic E-state index is 6.19. The summed E-state index contributed by atoms with van der Waals surface area (Å²) < 4.78 is 19.8. The average Bonchev–Trinajstić information content (AvgIpc) is 3.11. The van der Waals surface area contributed by atoms with Crippen LogP contribution in [-0.2, 0) is 4.74 Å². The first-order chi connectivity index (χ1) is 12.0. The average molecular weight is 362 g/mol. The van der Waals surface area contributed by atoms with E-state index in [0.717, 1.165) is 17.1 Å². The van der Waals surface area contributed by atoms with Crippen molar-refractivity contribution in [1.29, 1.82) is 0 Å². The molecule has 1 aromatic carbocycles. The SMILES string of the molecule is CCOC(c1ccc2c(c1)OCCO2)C(SC(C)(C)C)n1ccnc1. The Morgan fingerprint density at radius 3 is 2.64 bits per heavy atom. The van der Waals surface area contributed by atoms with Crippen molar-refractivity contribution in [3.63, 3.8) is 0 Å². The van der Waals surface area contributed by atoms with E-state index in [9.17, 15) is 0 Å². The fourth-order valence-electron chi connectivity index (χ4n) is 2.82. The molecular weight excluding hydrogens is 336 g/mol. The van der Waals surface area contributed by atoms with Crippen molar-refractivity contribution in [2.75, 3.05) is 19.8 Å². The number of fused-ring (bicyclic) bond motifs is 1. The third-order valence-electron chi connectivity index (χ3n) is 3.79. The molecule has 3 rings (SSSR count). The molecule has 0 fully saturated rings. The van der Waals surface area contributed by atoms with Gasteiger partial charge in [-0.25, -0.2) is 4.98 Å². The first kappa shape index (κ1) is 18.1. The molecule has 0 saturated heterocycles. The highest BCUT2D eigenvalue weighted by molar-refractivity contribution is 8.00. The predicted octanol–water partition coefficient (Wildman–Crippen LogP) is 4.46. The molecule has 0 aliphatic carbocycles. The molecule has 0 N–H and O–H groups in total. The lowest BCUT2D eigenvalue weighted by Gasteiger charge is -2.33. The summed E-state index contributed by atoms with van der Waals surface area (Å²) in [5.41, 5.74) is 1.08. The standard InChI is InChI=1S/C19H26N2O3S/c1-5-22-17(14-6-7-15-16(12-14)24-11-10-23-15)18(25-19(2,3)4)21-9-8-20-13-21/h6-9,12-13,17-18H,5,10-11H2,1-4H3. The van der Waals surface area contributed by atoms with Crippen molar-refractivity contribution in [2.45, 2.75) is 43.9 Å². The molecule has 2 atom stereocenters. The first-order valence-corrected chi connectivity index (χ1v) is 9.52. The van der Waals surface area contributed by atoms with Gasteiger partial charge < -0.3 is 18.8 Å². The molecule has 2 unspecified atom stereocenters. The van der Waals surface area contributed by atoms with Crippen LogP contribution in [0.5, 0.6) is 11.5 Å². The number of imidazole rings is 1. The van der Waals surface area contributed by atoms with Crippen molar-refractivity contribution in [1.82, 2.24) is 9.55 Å². The van der Waals surface area contributed by atoms with Crippen LogP contribution >= 0.6 is 11.8 Å². The van der Waals surface area contributed by atoms with Gasteiger partial charge in [-0.1, -0.05) is 26.8 Å². The van der Waals surface area contributed by atoms with Crippen LogP contribution in [0, 0.1) is 0 Å². The second kappa shape index (κ2) is 7.70. The Morgan fingerprint density at radius 1 is 1.24 bits per heavy atom. The van der Waals surface area contributed by atoms with Gasteiger partial charge in [0.1, 0.15) is 24.7 Å². The van der Waals surface area contributed by atoms with Gasteiger partial charge in [-0.2, -0.15) is 0 Å². The largest absolute Gasteiger partial charge is 0.486 e. The van der Waals surface area contributed by atoms with Gasteiger partial charge in [0.25, 0.3) is 0 Å². The molecule has 6 heteroatoms. The monoisotopic (exact) mass is 362 g/mol. The topological polar surface area (TPSA) is 45.5 Å². The zero-order valence-corrected chi connectivity index (χ0v) is 16.1. The Kier molecular flexibility index (Phi) is 5.59. The second-order valence-electron chi connectivity index (χ2n) is 6.91. The van der Waals surface area contributed by atoms with E-state index in [1.54, 1.807) is 0 Å². The Hall–Kier alpha value is -1.66. The van der Waals surface area contributed by atoms with E-state index in [4.69, 9.17) is 14.2 Å². The van der Waals surface area contributed by atoms with Crippen LogP contribution in [0.1, 0.15) is 44.7 Å². The fourth-order valence-corrected chi connectivity index (χ4v) is 4.15. The molecule has 0 bridgehead atoms. The minimum absolute atomic E-state index is 0.0741. The number of hydrogen-bond donors (Lipinski definition) is 0. The van der Waals surface area contributed by atoms with Gasteiger partial charge in [0.05, 0.1) is 6.33 Å². The van der Waals surface area contributed by atoms with Crippen molar-refractivity contribution in [3.05, 3.63) is 42.5 Å². The van der Waals surface area contributed by atoms with E-state index in [1.165, 1.54) is 0 Å². The summed E-state index contributed by atoms with van der Waals surface area (Å²) >= 11 is 1.87. The minimum atomic E-state index is -0.112. The molecule has 136 valence electrons. The van der Waals surface area contributed by atoms with E-state index >= 15 is 0 Å². The highest BCUT2D eigenvalue weighted by atomic mass is 32.2. The molecule has 1 aromatic heterocycles. The molecule has 2 aromatic rings. The maximum Gasteiger partial charge on any atom is 0.161 e.